The van der Waals surface area contributed by atoms with Crippen LogP contribution in [0.4, 0.5) is 0 Å². The number of hydrogen-bond donors (Lipinski definition) is 0. The lowest BCUT2D eigenvalue weighted by Gasteiger charge is -2.07. The molecule has 8 heteroatoms. The average molecular weight is 350 g/mol. The molecular formula is C16H18N2O5S. The van der Waals surface area contributed by atoms with Gasteiger partial charge in [-0.2, -0.15) is 4.99 Å². The summed E-state index contributed by atoms with van der Waals surface area (Å²) >= 11 is 1.18. The molecule has 0 atom stereocenters. The van der Waals surface area contributed by atoms with Crippen molar-refractivity contribution >= 4 is 23.2 Å². The van der Waals surface area contributed by atoms with E-state index in [4.69, 9.17) is 14.2 Å². The molecule has 1 amide bonds. The van der Waals surface area contributed by atoms with E-state index in [1.165, 1.54) is 30.1 Å². The molecule has 1 heterocycles. The first-order valence-electron chi connectivity index (χ1n) is 7.14. The number of aromatic nitrogens is 1. The fourth-order valence-electron chi connectivity index (χ4n) is 1.98. The highest BCUT2D eigenvalue weighted by Crippen LogP contribution is 2.25. The number of carbonyl (C=O) groups excluding carboxylic acids is 2. The van der Waals surface area contributed by atoms with E-state index in [1.807, 2.05) is 0 Å². The van der Waals surface area contributed by atoms with E-state index in [2.05, 4.69) is 4.99 Å². The van der Waals surface area contributed by atoms with Crippen LogP contribution in [0.2, 0.25) is 0 Å². The second kappa shape index (κ2) is 7.78. The standard InChI is InChI=1S/C16H18N2O5S/c1-5-23-15(20)12-9-24-16(18(12)2)17-14(19)11-7-6-10(21-3)8-13(11)22-4/h6-9H,5H2,1-4H3. The van der Waals surface area contributed by atoms with Crippen molar-refractivity contribution < 1.29 is 23.8 Å². The van der Waals surface area contributed by atoms with E-state index in [1.54, 1.807) is 37.6 Å². The van der Waals surface area contributed by atoms with Crippen molar-refractivity contribution in [2.45, 2.75) is 6.92 Å². The lowest BCUT2D eigenvalue weighted by molar-refractivity contribution is 0.0514. The van der Waals surface area contributed by atoms with Gasteiger partial charge in [-0.25, -0.2) is 4.79 Å². The Bertz CT molecular complexity index is 822. The highest BCUT2D eigenvalue weighted by molar-refractivity contribution is 7.07. The molecule has 0 saturated heterocycles. The predicted octanol–water partition coefficient (Wildman–Crippen LogP) is 2.02. The molecule has 1 aromatic heterocycles. The minimum Gasteiger partial charge on any atom is -0.497 e. The third-order valence-electron chi connectivity index (χ3n) is 3.25. The number of ether oxygens (including phenoxy) is 3. The van der Waals surface area contributed by atoms with Gasteiger partial charge in [-0.1, -0.05) is 0 Å². The van der Waals surface area contributed by atoms with Crippen LogP contribution in [-0.4, -0.2) is 37.3 Å². The van der Waals surface area contributed by atoms with Crippen molar-refractivity contribution in [3.05, 3.63) is 39.6 Å². The van der Waals surface area contributed by atoms with Gasteiger partial charge in [0.25, 0.3) is 5.91 Å². The van der Waals surface area contributed by atoms with Crippen LogP contribution in [0.5, 0.6) is 11.5 Å². The van der Waals surface area contributed by atoms with Crippen LogP contribution in [0.15, 0.2) is 28.6 Å². The maximum atomic E-state index is 12.4. The average Bonchev–Trinajstić information content (AvgIpc) is 2.95. The van der Waals surface area contributed by atoms with Gasteiger partial charge >= 0.3 is 5.97 Å². The normalized spacial score (nSPS) is 11.2. The number of esters is 1. The first-order valence-corrected chi connectivity index (χ1v) is 8.02. The number of amides is 1. The predicted molar refractivity (Wildman–Crippen MR) is 88.7 cm³/mol. The summed E-state index contributed by atoms with van der Waals surface area (Å²) in [7, 11) is 4.65. The maximum Gasteiger partial charge on any atom is 0.355 e. The number of nitrogens with zero attached hydrogens (tertiary/aromatic N) is 2. The van der Waals surface area contributed by atoms with Crippen molar-refractivity contribution in [3.63, 3.8) is 0 Å². The zero-order valence-corrected chi connectivity index (χ0v) is 14.7. The molecule has 0 aliphatic carbocycles. The molecule has 24 heavy (non-hydrogen) atoms. The number of thiazole rings is 1. The Balaban J connectivity index is 2.39. The number of carbonyl (C=O) groups is 2. The summed E-state index contributed by atoms with van der Waals surface area (Å²) in [6.45, 7) is 2.01. The van der Waals surface area contributed by atoms with Crippen molar-refractivity contribution in [1.29, 1.82) is 0 Å². The summed E-state index contributed by atoms with van der Waals surface area (Å²) < 4.78 is 16.8. The molecule has 2 rings (SSSR count). The Morgan fingerprint density at radius 2 is 2.00 bits per heavy atom. The third kappa shape index (κ3) is 3.65. The molecule has 0 aliphatic heterocycles. The molecule has 0 aliphatic rings. The van der Waals surface area contributed by atoms with Crippen LogP contribution in [0.1, 0.15) is 27.8 Å². The second-order valence-corrected chi connectivity index (χ2v) is 5.50. The molecule has 7 nitrogen and oxygen atoms in total. The summed E-state index contributed by atoms with van der Waals surface area (Å²) in [5.41, 5.74) is 0.652. The van der Waals surface area contributed by atoms with Crippen molar-refractivity contribution in [3.8, 4) is 11.5 Å². The fraction of sp³-hybridized carbons (Fsp3) is 0.312. The smallest absolute Gasteiger partial charge is 0.355 e. The molecule has 0 saturated carbocycles. The van der Waals surface area contributed by atoms with Crippen LogP contribution < -0.4 is 14.3 Å². The summed E-state index contributed by atoms with van der Waals surface area (Å²) in [6.07, 6.45) is 0. The molecule has 2 aromatic rings. The van der Waals surface area contributed by atoms with Gasteiger partial charge in [-0.15, -0.1) is 11.3 Å². The van der Waals surface area contributed by atoms with Gasteiger partial charge in [0.2, 0.25) is 0 Å². The molecular weight excluding hydrogens is 332 g/mol. The van der Waals surface area contributed by atoms with E-state index in [9.17, 15) is 9.59 Å². The van der Waals surface area contributed by atoms with E-state index in [0.29, 0.717) is 27.6 Å². The van der Waals surface area contributed by atoms with Gasteiger partial charge in [0.05, 0.1) is 26.4 Å². The van der Waals surface area contributed by atoms with Crippen molar-refractivity contribution in [2.24, 2.45) is 12.0 Å². The Kier molecular flexibility index (Phi) is 5.75. The number of methoxy groups -OCH3 is 2. The minimum atomic E-state index is -0.470. The summed E-state index contributed by atoms with van der Waals surface area (Å²) in [5, 5.41) is 1.61. The summed E-state index contributed by atoms with van der Waals surface area (Å²) in [5.74, 6) is 0.0251. The Morgan fingerprint density at radius 3 is 2.62 bits per heavy atom. The lowest BCUT2D eigenvalue weighted by Crippen LogP contribution is -2.19. The SMILES string of the molecule is CCOC(=O)c1csc(=NC(=O)c2ccc(OC)cc2OC)n1C. The Hall–Kier alpha value is -2.61. The van der Waals surface area contributed by atoms with Crippen LogP contribution in [0.3, 0.4) is 0 Å². The molecule has 0 radical (unpaired) electrons. The Labute approximate surface area is 143 Å². The number of rotatable bonds is 5. The van der Waals surface area contributed by atoms with Crippen LogP contribution in [0.25, 0.3) is 0 Å². The highest BCUT2D eigenvalue weighted by Gasteiger charge is 2.15. The van der Waals surface area contributed by atoms with Gasteiger partial charge in [-0.3, -0.25) is 4.79 Å². The molecule has 0 N–H and O–H groups in total. The monoisotopic (exact) mass is 350 g/mol. The van der Waals surface area contributed by atoms with Gasteiger partial charge in [-0.05, 0) is 19.1 Å². The molecule has 0 unspecified atom stereocenters. The maximum absolute atomic E-state index is 12.4. The lowest BCUT2D eigenvalue weighted by atomic mass is 10.2. The van der Waals surface area contributed by atoms with E-state index in [0.717, 1.165) is 0 Å². The van der Waals surface area contributed by atoms with Crippen molar-refractivity contribution in [1.82, 2.24) is 4.57 Å². The largest absolute Gasteiger partial charge is 0.497 e. The second-order valence-electron chi connectivity index (χ2n) is 4.67. The number of benzene rings is 1. The topological polar surface area (TPSA) is 79.1 Å². The number of hydrogen-bond acceptors (Lipinski definition) is 6. The van der Waals surface area contributed by atoms with Crippen molar-refractivity contribution in [2.75, 3.05) is 20.8 Å². The first-order chi connectivity index (χ1) is 11.5. The van der Waals surface area contributed by atoms with E-state index >= 15 is 0 Å². The van der Waals surface area contributed by atoms with Crippen LogP contribution in [0, 0.1) is 0 Å². The van der Waals surface area contributed by atoms with Crippen LogP contribution in [-0.2, 0) is 11.8 Å². The van der Waals surface area contributed by atoms with Gasteiger partial charge in [0.1, 0.15) is 17.2 Å². The molecule has 0 spiro atoms. The first kappa shape index (κ1) is 17.7. The van der Waals surface area contributed by atoms with Gasteiger partial charge in [0.15, 0.2) is 4.80 Å². The van der Waals surface area contributed by atoms with Gasteiger partial charge < -0.3 is 18.8 Å². The third-order valence-corrected chi connectivity index (χ3v) is 4.16. The summed E-state index contributed by atoms with van der Waals surface area (Å²) in [6, 6.07) is 4.86. The molecule has 0 bridgehead atoms. The summed E-state index contributed by atoms with van der Waals surface area (Å²) in [4.78, 5) is 28.7. The molecule has 0 fully saturated rings. The molecule has 128 valence electrons. The Morgan fingerprint density at radius 1 is 1.25 bits per heavy atom. The highest BCUT2D eigenvalue weighted by atomic mass is 32.1. The van der Waals surface area contributed by atoms with E-state index in [-0.39, 0.29) is 6.61 Å². The quantitative estimate of drug-likeness (QED) is 0.771. The zero-order chi connectivity index (χ0) is 17.7. The zero-order valence-electron chi connectivity index (χ0n) is 13.9. The molecule has 1 aromatic carbocycles. The minimum absolute atomic E-state index is 0.281. The van der Waals surface area contributed by atoms with Crippen LogP contribution >= 0.6 is 11.3 Å². The fourth-order valence-corrected chi connectivity index (χ4v) is 2.85. The van der Waals surface area contributed by atoms with E-state index < -0.39 is 11.9 Å². The van der Waals surface area contributed by atoms with Gasteiger partial charge in [0, 0.05) is 18.5 Å².